The molecule has 0 amide bonds. The highest BCUT2D eigenvalue weighted by Gasteiger charge is 2.36. The Kier molecular flexibility index (Phi) is 8.86. The monoisotopic (exact) mass is 623 g/mol. The Morgan fingerprint density at radius 2 is 1.79 bits per heavy atom. The van der Waals surface area contributed by atoms with Crippen molar-refractivity contribution in [2.45, 2.75) is 70.6 Å². The number of nitrogens with zero attached hydrogens (tertiary/aromatic N) is 4. The number of fused-ring (bicyclic) bond motifs is 1. The number of ether oxygens (including phenoxy) is 1. The van der Waals surface area contributed by atoms with Gasteiger partial charge >= 0.3 is 6.18 Å². The minimum atomic E-state index is -4.83. The molecule has 0 bridgehead atoms. The highest BCUT2D eigenvalue weighted by atomic mass is 32.2. The Balaban J connectivity index is 1.51. The van der Waals surface area contributed by atoms with Crippen LogP contribution >= 0.6 is 0 Å². The van der Waals surface area contributed by atoms with E-state index in [1.165, 1.54) is 19.2 Å². The minimum absolute atomic E-state index is 0.0562. The van der Waals surface area contributed by atoms with Gasteiger partial charge in [0.25, 0.3) is 0 Å². The normalized spacial score (nSPS) is 19.0. The third kappa shape index (κ3) is 6.87. The second-order valence-electron chi connectivity index (χ2n) is 11.9. The number of aromatic nitrogens is 3. The number of hydrogen-bond donors (Lipinski definition) is 1. The van der Waals surface area contributed by atoms with Gasteiger partial charge in [0, 0.05) is 36.7 Å². The van der Waals surface area contributed by atoms with Crippen molar-refractivity contribution >= 4 is 26.7 Å². The molecule has 2 saturated heterocycles. The lowest BCUT2D eigenvalue weighted by molar-refractivity contribution is -0.140. The Hall–Kier alpha value is -3.06. The number of alkyl halides is 3. The largest absolute Gasteiger partial charge is 0.481 e. The summed E-state index contributed by atoms with van der Waals surface area (Å²) in [4.78, 5) is 16.5. The summed E-state index contributed by atoms with van der Waals surface area (Å²) < 4.78 is 85.1. The number of nitrogens with one attached hydrogen (secondary N) is 1. The number of hydrogen-bond acceptors (Lipinski definition) is 8. The number of likely N-dealkylation sites (tertiary alicyclic amines) is 1. The SMILES string of the molecule is COc1nc2nc(CCC3CN(C(C)C)C3)nc(N[C@H](C)c3cccc(C(F)(F)F)c3F)c2cc1C1CCS(=O)(=O)CC1. The summed E-state index contributed by atoms with van der Waals surface area (Å²) in [7, 11) is -1.61. The molecular formula is C30H37F4N5O3S. The smallest absolute Gasteiger partial charge is 0.419 e. The van der Waals surface area contributed by atoms with Gasteiger partial charge in [0.05, 0.1) is 35.6 Å². The molecule has 2 aliphatic rings. The maximum atomic E-state index is 15.1. The van der Waals surface area contributed by atoms with Crippen molar-refractivity contribution < 1.29 is 30.7 Å². The molecule has 8 nitrogen and oxygen atoms in total. The summed E-state index contributed by atoms with van der Waals surface area (Å²) in [5.74, 6) is 0.337. The van der Waals surface area contributed by atoms with Crippen LogP contribution in [0.25, 0.3) is 11.0 Å². The van der Waals surface area contributed by atoms with Crippen molar-refractivity contribution in [2.24, 2.45) is 5.92 Å². The van der Waals surface area contributed by atoms with E-state index in [0.29, 0.717) is 65.3 Å². The number of aryl methyl sites for hydroxylation is 1. The molecule has 3 aromatic rings. The van der Waals surface area contributed by atoms with E-state index in [4.69, 9.17) is 14.7 Å². The number of halogens is 4. The molecule has 0 radical (unpaired) electrons. The lowest BCUT2D eigenvalue weighted by Crippen LogP contribution is -2.50. The van der Waals surface area contributed by atoms with Gasteiger partial charge in [-0.05, 0) is 64.0 Å². The fourth-order valence-electron chi connectivity index (χ4n) is 5.91. The zero-order valence-electron chi connectivity index (χ0n) is 24.7. The molecule has 4 heterocycles. The van der Waals surface area contributed by atoms with Crippen molar-refractivity contribution in [3.8, 4) is 5.88 Å². The van der Waals surface area contributed by atoms with Crippen molar-refractivity contribution in [1.29, 1.82) is 0 Å². The summed E-state index contributed by atoms with van der Waals surface area (Å²) in [6.45, 7) is 7.89. The molecule has 2 fully saturated rings. The van der Waals surface area contributed by atoms with Crippen molar-refractivity contribution in [3.05, 3.63) is 52.6 Å². The third-order valence-electron chi connectivity index (χ3n) is 8.56. The molecule has 13 heteroatoms. The van der Waals surface area contributed by atoms with E-state index in [1.807, 2.05) is 6.07 Å². The number of sulfone groups is 1. The van der Waals surface area contributed by atoms with Crippen molar-refractivity contribution in [2.75, 3.05) is 37.0 Å². The number of benzene rings is 1. The van der Waals surface area contributed by atoms with E-state index in [9.17, 15) is 21.6 Å². The van der Waals surface area contributed by atoms with E-state index in [1.54, 1.807) is 6.92 Å². The summed E-state index contributed by atoms with van der Waals surface area (Å²) in [5, 5.41) is 3.64. The molecule has 1 N–H and O–H groups in total. The van der Waals surface area contributed by atoms with Crippen LogP contribution in [0.3, 0.4) is 0 Å². The van der Waals surface area contributed by atoms with E-state index in [-0.39, 0.29) is 23.0 Å². The molecule has 0 spiro atoms. The van der Waals surface area contributed by atoms with Crippen LogP contribution in [0.2, 0.25) is 0 Å². The summed E-state index contributed by atoms with van der Waals surface area (Å²) in [6.07, 6.45) is -2.58. The summed E-state index contributed by atoms with van der Waals surface area (Å²) >= 11 is 0. The molecule has 2 aromatic heterocycles. The van der Waals surface area contributed by atoms with E-state index in [0.717, 1.165) is 25.6 Å². The lowest BCUT2D eigenvalue weighted by atomic mass is 9.93. The number of methoxy groups -OCH3 is 1. The molecule has 5 rings (SSSR count). The fraction of sp³-hybridized carbons (Fsp3) is 0.567. The first kappa shape index (κ1) is 31.4. The minimum Gasteiger partial charge on any atom is -0.481 e. The van der Waals surface area contributed by atoms with Gasteiger partial charge in [-0.1, -0.05) is 12.1 Å². The average molecular weight is 624 g/mol. The molecule has 0 unspecified atom stereocenters. The van der Waals surface area contributed by atoms with Gasteiger partial charge in [0.2, 0.25) is 5.88 Å². The second-order valence-corrected chi connectivity index (χ2v) is 14.2. The first-order chi connectivity index (χ1) is 20.3. The fourth-order valence-corrected chi connectivity index (χ4v) is 7.40. The van der Waals surface area contributed by atoms with Crippen LogP contribution in [0, 0.1) is 11.7 Å². The Morgan fingerprint density at radius 3 is 2.42 bits per heavy atom. The average Bonchev–Trinajstić information content (AvgIpc) is 2.90. The quantitative estimate of drug-likeness (QED) is 0.293. The number of pyridine rings is 1. The second kappa shape index (κ2) is 12.1. The van der Waals surface area contributed by atoms with Crippen LogP contribution in [0.15, 0.2) is 24.3 Å². The Morgan fingerprint density at radius 1 is 1.09 bits per heavy atom. The number of anilines is 1. The van der Waals surface area contributed by atoms with E-state index >= 15 is 4.39 Å². The Bertz CT molecular complexity index is 1580. The molecule has 0 saturated carbocycles. The summed E-state index contributed by atoms with van der Waals surface area (Å²) in [6, 6.07) is 4.65. The van der Waals surface area contributed by atoms with Crippen LogP contribution in [0.1, 0.15) is 74.5 Å². The zero-order chi connectivity index (χ0) is 31.1. The van der Waals surface area contributed by atoms with Crippen LogP contribution in [0.4, 0.5) is 23.4 Å². The van der Waals surface area contributed by atoms with Gasteiger partial charge in [-0.2, -0.15) is 18.2 Å². The molecule has 43 heavy (non-hydrogen) atoms. The molecule has 0 aliphatic carbocycles. The standard InChI is InChI=1S/C30H37F4N5O3S/c1-17(2)39-15-19(16-39)8-9-25-36-27(35-18(3)21-6-5-7-24(26(21)31)30(32,33)34)23-14-22(29(42-4)38-28(23)37-25)20-10-12-43(40,41)13-11-20/h5-7,14,17-20H,8-13,15-16H2,1-4H3,(H,35,36,37,38)/t18-/m1/s1. The zero-order valence-corrected chi connectivity index (χ0v) is 25.5. The summed E-state index contributed by atoms with van der Waals surface area (Å²) in [5.41, 5.74) is -0.426. The van der Waals surface area contributed by atoms with Gasteiger partial charge in [-0.3, -0.25) is 0 Å². The van der Waals surface area contributed by atoms with Crippen LogP contribution in [-0.2, 0) is 22.4 Å². The molecule has 2 aliphatic heterocycles. The topological polar surface area (TPSA) is 97.3 Å². The molecule has 234 valence electrons. The van der Waals surface area contributed by atoms with E-state index in [2.05, 4.69) is 29.0 Å². The maximum absolute atomic E-state index is 15.1. The highest BCUT2D eigenvalue weighted by Crippen LogP contribution is 2.39. The molecule has 1 atom stereocenters. The van der Waals surface area contributed by atoms with E-state index < -0.39 is 33.4 Å². The van der Waals surface area contributed by atoms with Gasteiger partial charge in [0.15, 0.2) is 5.65 Å². The van der Waals surface area contributed by atoms with Crippen molar-refractivity contribution in [1.82, 2.24) is 19.9 Å². The lowest BCUT2D eigenvalue weighted by Gasteiger charge is -2.42. The maximum Gasteiger partial charge on any atom is 0.419 e. The molecular weight excluding hydrogens is 586 g/mol. The van der Waals surface area contributed by atoms with Gasteiger partial charge in [0.1, 0.15) is 27.3 Å². The Labute approximate surface area is 249 Å². The first-order valence-electron chi connectivity index (χ1n) is 14.6. The first-order valence-corrected chi connectivity index (χ1v) is 16.4. The van der Waals surface area contributed by atoms with Crippen LogP contribution < -0.4 is 10.1 Å². The van der Waals surface area contributed by atoms with Gasteiger partial charge in [-0.15, -0.1) is 0 Å². The predicted molar refractivity (Wildman–Crippen MR) is 156 cm³/mol. The highest BCUT2D eigenvalue weighted by molar-refractivity contribution is 7.91. The van der Waals surface area contributed by atoms with Gasteiger partial charge in [-0.25, -0.2) is 22.8 Å². The molecule has 1 aromatic carbocycles. The van der Waals surface area contributed by atoms with Gasteiger partial charge < -0.3 is 15.0 Å². The third-order valence-corrected chi connectivity index (χ3v) is 10.3. The van der Waals surface area contributed by atoms with Crippen LogP contribution in [0.5, 0.6) is 5.88 Å². The number of rotatable bonds is 9. The van der Waals surface area contributed by atoms with Crippen LogP contribution in [-0.4, -0.2) is 66.0 Å². The van der Waals surface area contributed by atoms with Crippen molar-refractivity contribution in [3.63, 3.8) is 0 Å². The predicted octanol–water partition coefficient (Wildman–Crippen LogP) is 5.93.